The van der Waals surface area contributed by atoms with Gasteiger partial charge in [-0.3, -0.25) is 0 Å². The van der Waals surface area contributed by atoms with Crippen molar-refractivity contribution in [3.8, 4) is 50.6 Å². The second-order valence-corrected chi connectivity index (χ2v) is 13.8. The van der Waals surface area contributed by atoms with Gasteiger partial charge in [-0.25, -0.2) is 0 Å². The van der Waals surface area contributed by atoms with Crippen LogP contribution < -0.4 is 0 Å². The molecule has 0 saturated heterocycles. The van der Waals surface area contributed by atoms with Gasteiger partial charge in [-0.2, -0.15) is 5.26 Å². The van der Waals surface area contributed by atoms with Crippen molar-refractivity contribution in [1.29, 1.82) is 5.26 Å². The van der Waals surface area contributed by atoms with Crippen molar-refractivity contribution in [2.24, 2.45) is 0 Å². The standard InChI is InChI=1S/C43H25NS2/c44-26-32-22-28(27-10-2-1-3-11-27)20-21-33(32)29-23-30(34-14-8-18-40-42(34)36-12-4-6-16-38(36)45-40)25-31(24-29)35-15-9-19-41-43(35)37-13-5-7-17-39(37)46-41/h1-25H. The molecule has 9 aromatic rings. The molecule has 2 heterocycles. The van der Waals surface area contributed by atoms with Crippen LogP contribution in [0.25, 0.3) is 84.9 Å². The Morgan fingerprint density at radius 2 is 0.870 bits per heavy atom. The lowest BCUT2D eigenvalue weighted by Crippen LogP contribution is -1.91. The Bertz CT molecular complexity index is 2520. The molecule has 0 amide bonds. The fourth-order valence-electron chi connectivity index (χ4n) is 6.82. The van der Waals surface area contributed by atoms with Gasteiger partial charge in [-0.15, -0.1) is 22.7 Å². The summed E-state index contributed by atoms with van der Waals surface area (Å²) in [6.45, 7) is 0. The van der Waals surface area contributed by atoms with Crippen molar-refractivity contribution in [3.05, 3.63) is 157 Å². The molecule has 0 aliphatic heterocycles. The smallest absolute Gasteiger partial charge is 0.0998 e. The molecule has 2 aromatic heterocycles. The zero-order valence-electron chi connectivity index (χ0n) is 24.7. The molecule has 0 aliphatic carbocycles. The van der Waals surface area contributed by atoms with E-state index in [0.29, 0.717) is 5.56 Å². The van der Waals surface area contributed by atoms with Gasteiger partial charge in [0, 0.05) is 40.3 Å². The minimum atomic E-state index is 0.669. The van der Waals surface area contributed by atoms with Crippen LogP contribution in [0.2, 0.25) is 0 Å². The summed E-state index contributed by atoms with van der Waals surface area (Å²) in [6.07, 6.45) is 0. The van der Waals surface area contributed by atoms with E-state index in [4.69, 9.17) is 0 Å². The van der Waals surface area contributed by atoms with Crippen LogP contribution >= 0.6 is 22.7 Å². The van der Waals surface area contributed by atoms with E-state index in [-0.39, 0.29) is 0 Å². The Labute approximate surface area is 274 Å². The number of nitrogens with zero attached hydrogens (tertiary/aromatic N) is 1. The molecule has 9 rings (SSSR count). The molecule has 0 N–H and O–H groups in total. The van der Waals surface area contributed by atoms with Crippen molar-refractivity contribution >= 4 is 63.0 Å². The molecular formula is C43H25NS2. The molecule has 0 aliphatic rings. The van der Waals surface area contributed by atoms with Gasteiger partial charge in [-0.05, 0) is 93.0 Å². The Morgan fingerprint density at radius 3 is 1.43 bits per heavy atom. The summed E-state index contributed by atoms with van der Waals surface area (Å²) in [5.74, 6) is 0. The van der Waals surface area contributed by atoms with E-state index in [1.807, 2.05) is 46.9 Å². The van der Waals surface area contributed by atoms with Gasteiger partial charge >= 0.3 is 0 Å². The van der Waals surface area contributed by atoms with Crippen molar-refractivity contribution in [2.45, 2.75) is 0 Å². The normalized spacial score (nSPS) is 11.5. The predicted octanol–water partition coefficient (Wildman–Crippen LogP) is 13.0. The summed E-state index contributed by atoms with van der Waals surface area (Å²) < 4.78 is 5.14. The average molecular weight is 620 g/mol. The quantitative estimate of drug-likeness (QED) is 0.192. The van der Waals surface area contributed by atoms with E-state index in [1.54, 1.807) is 0 Å². The highest BCUT2D eigenvalue weighted by molar-refractivity contribution is 7.26. The second kappa shape index (κ2) is 10.8. The molecule has 0 unspecified atom stereocenters. The Hall–Kier alpha value is -5.53. The van der Waals surface area contributed by atoms with Gasteiger partial charge < -0.3 is 0 Å². The van der Waals surface area contributed by atoms with Gasteiger partial charge in [0.1, 0.15) is 0 Å². The highest BCUT2D eigenvalue weighted by Crippen LogP contribution is 2.45. The van der Waals surface area contributed by atoms with Crippen LogP contribution in [0.15, 0.2) is 152 Å². The van der Waals surface area contributed by atoms with Crippen molar-refractivity contribution in [3.63, 3.8) is 0 Å². The maximum absolute atomic E-state index is 10.4. The maximum atomic E-state index is 10.4. The van der Waals surface area contributed by atoms with Crippen molar-refractivity contribution < 1.29 is 0 Å². The number of hydrogen-bond acceptors (Lipinski definition) is 3. The Balaban J connectivity index is 1.34. The van der Waals surface area contributed by atoms with Crippen molar-refractivity contribution in [1.82, 2.24) is 0 Å². The van der Waals surface area contributed by atoms with Gasteiger partial charge in [-0.1, -0.05) is 103 Å². The van der Waals surface area contributed by atoms with E-state index in [9.17, 15) is 5.26 Å². The van der Waals surface area contributed by atoms with Crippen LogP contribution in [-0.2, 0) is 0 Å². The first kappa shape index (κ1) is 26.8. The van der Waals surface area contributed by atoms with E-state index >= 15 is 0 Å². The van der Waals surface area contributed by atoms with Gasteiger partial charge in [0.2, 0.25) is 0 Å². The number of nitriles is 1. The maximum Gasteiger partial charge on any atom is 0.0998 e. The first-order valence-electron chi connectivity index (χ1n) is 15.3. The van der Waals surface area contributed by atoms with E-state index in [1.165, 1.54) is 51.5 Å². The van der Waals surface area contributed by atoms with E-state index in [2.05, 4.69) is 133 Å². The molecule has 0 atom stereocenters. The molecule has 0 bridgehead atoms. The highest BCUT2D eigenvalue weighted by Gasteiger charge is 2.17. The predicted molar refractivity (Wildman–Crippen MR) is 199 cm³/mol. The fraction of sp³-hybridized carbons (Fsp3) is 0. The number of benzene rings is 7. The summed E-state index contributed by atoms with van der Waals surface area (Å²) in [5.41, 5.74) is 9.51. The second-order valence-electron chi connectivity index (χ2n) is 11.6. The van der Waals surface area contributed by atoms with Crippen molar-refractivity contribution in [2.75, 3.05) is 0 Å². The molecule has 46 heavy (non-hydrogen) atoms. The largest absolute Gasteiger partial charge is 0.192 e. The molecule has 7 aromatic carbocycles. The summed E-state index contributed by atoms with van der Waals surface area (Å²) in [4.78, 5) is 0. The zero-order chi connectivity index (χ0) is 30.6. The lowest BCUT2D eigenvalue weighted by molar-refractivity contribution is 1.47. The summed E-state index contributed by atoms with van der Waals surface area (Å²) in [5, 5.41) is 15.6. The Kier molecular flexibility index (Phi) is 6.31. The fourth-order valence-corrected chi connectivity index (χ4v) is 9.09. The van der Waals surface area contributed by atoms with Crippen LogP contribution in [0.1, 0.15) is 5.56 Å². The molecule has 0 spiro atoms. The first-order chi connectivity index (χ1) is 22.7. The summed E-state index contributed by atoms with van der Waals surface area (Å²) in [7, 11) is 0. The Morgan fingerprint density at radius 1 is 0.370 bits per heavy atom. The summed E-state index contributed by atoms with van der Waals surface area (Å²) in [6, 6.07) is 56.6. The summed E-state index contributed by atoms with van der Waals surface area (Å²) >= 11 is 3.68. The highest BCUT2D eigenvalue weighted by atomic mass is 32.1. The molecule has 3 heteroatoms. The molecular weight excluding hydrogens is 595 g/mol. The third-order valence-corrected chi connectivity index (χ3v) is 11.2. The first-order valence-corrected chi connectivity index (χ1v) is 16.9. The van der Waals surface area contributed by atoms with Crippen LogP contribution in [0.3, 0.4) is 0 Å². The van der Waals surface area contributed by atoms with Crippen LogP contribution in [0.4, 0.5) is 0 Å². The van der Waals surface area contributed by atoms with E-state index < -0.39 is 0 Å². The van der Waals surface area contributed by atoms with Gasteiger partial charge in [0.15, 0.2) is 0 Å². The number of hydrogen-bond donors (Lipinski definition) is 0. The molecule has 0 fully saturated rings. The van der Waals surface area contributed by atoms with E-state index in [0.717, 1.165) is 33.4 Å². The third-order valence-electron chi connectivity index (χ3n) is 8.92. The number of thiophene rings is 2. The minimum Gasteiger partial charge on any atom is -0.192 e. The molecule has 214 valence electrons. The zero-order valence-corrected chi connectivity index (χ0v) is 26.3. The van der Waals surface area contributed by atoms with Gasteiger partial charge in [0.25, 0.3) is 0 Å². The number of fused-ring (bicyclic) bond motifs is 6. The minimum absolute atomic E-state index is 0.669. The van der Waals surface area contributed by atoms with Crippen LogP contribution in [0, 0.1) is 11.3 Å². The lowest BCUT2D eigenvalue weighted by atomic mass is 9.88. The van der Waals surface area contributed by atoms with Gasteiger partial charge in [0.05, 0.1) is 11.6 Å². The number of rotatable bonds is 4. The average Bonchev–Trinajstić information content (AvgIpc) is 3.70. The molecule has 0 saturated carbocycles. The van der Waals surface area contributed by atoms with Crippen LogP contribution in [-0.4, -0.2) is 0 Å². The lowest BCUT2D eigenvalue weighted by Gasteiger charge is -2.15. The monoisotopic (exact) mass is 619 g/mol. The SMILES string of the molecule is N#Cc1cc(-c2ccccc2)ccc1-c1cc(-c2cccc3sc4ccccc4c23)cc(-c2cccc3sc4ccccc4c23)c1. The molecule has 1 nitrogen and oxygen atoms in total. The molecule has 0 radical (unpaired) electrons. The topological polar surface area (TPSA) is 23.8 Å². The third kappa shape index (κ3) is 4.35. The van der Waals surface area contributed by atoms with Crippen LogP contribution in [0.5, 0.6) is 0 Å².